The number of amides is 2. The number of aryl methyl sites for hydroxylation is 1. The maximum atomic E-state index is 13.9. The summed E-state index contributed by atoms with van der Waals surface area (Å²) in [6.07, 6.45) is 1.04. The van der Waals surface area contributed by atoms with Crippen LogP contribution in [0.4, 0.5) is 11.4 Å². The standard InChI is InChI=1S/C35H36N4O2/c1-24-12-14-25(15-13-24)31-9-5-6-10-32(31)34(40)36-28-18-16-26(17-19-28)35(41)39-23-30-20-29(37(2)3)22-38(30)21-27-8-4-7-11-33(27)39/h4-19,29-30H,20-23H2,1-3H3,(H,36,40). The van der Waals surface area contributed by atoms with Crippen molar-refractivity contribution in [2.75, 3.05) is 37.4 Å². The fourth-order valence-electron chi connectivity index (χ4n) is 6.06. The maximum Gasteiger partial charge on any atom is 0.258 e. The molecule has 1 saturated heterocycles. The van der Waals surface area contributed by atoms with Gasteiger partial charge < -0.3 is 15.1 Å². The SMILES string of the molecule is Cc1ccc(-c2ccccc2C(=O)Nc2ccc(C(=O)N3CC4CC(N(C)C)CN4Cc4ccccc43)cc2)cc1. The van der Waals surface area contributed by atoms with Crippen molar-refractivity contribution in [2.24, 2.45) is 0 Å². The van der Waals surface area contributed by atoms with E-state index >= 15 is 0 Å². The van der Waals surface area contributed by atoms with Gasteiger partial charge in [-0.3, -0.25) is 14.5 Å². The summed E-state index contributed by atoms with van der Waals surface area (Å²) in [4.78, 5) is 34.0. The van der Waals surface area contributed by atoms with Crippen molar-refractivity contribution in [2.45, 2.75) is 32.0 Å². The Labute approximate surface area is 242 Å². The number of para-hydroxylation sites is 1. The van der Waals surface area contributed by atoms with E-state index < -0.39 is 0 Å². The number of hydrogen-bond acceptors (Lipinski definition) is 4. The Morgan fingerprint density at radius 1 is 0.829 bits per heavy atom. The maximum absolute atomic E-state index is 13.9. The van der Waals surface area contributed by atoms with Crippen LogP contribution >= 0.6 is 0 Å². The first-order valence-electron chi connectivity index (χ1n) is 14.2. The number of benzene rings is 4. The summed E-state index contributed by atoms with van der Waals surface area (Å²) in [7, 11) is 4.27. The lowest BCUT2D eigenvalue weighted by Crippen LogP contribution is -2.40. The molecule has 0 radical (unpaired) electrons. The molecule has 6 nitrogen and oxygen atoms in total. The summed E-state index contributed by atoms with van der Waals surface area (Å²) >= 11 is 0. The number of likely N-dealkylation sites (N-methyl/N-ethyl adjacent to an activating group) is 1. The Hall–Kier alpha value is -4.26. The van der Waals surface area contributed by atoms with E-state index in [1.165, 1.54) is 11.1 Å². The van der Waals surface area contributed by atoms with Gasteiger partial charge in [-0.2, -0.15) is 0 Å². The summed E-state index contributed by atoms with van der Waals surface area (Å²) in [5.41, 5.74) is 7.08. The van der Waals surface area contributed by atoms with E-state index in [2.05, 4.69) is 47.4 Å². The second-order valence-electron chi connectivity index (χ2n) is 11.4. The number of carbonyl (C=O) groups excluding carboxylic acids is 2. The third-order valence-electron chi connectivity index (χ3n) is 8.45. The van der Waals surface area contributed by atoms with Crippen LogP contribution in [0.5, 0.6) is 0 Å². The molecule has 2 aliphatic rings. The normalized spacial score (nSPS) is 18.5. The second-order valence-corrected chi connectivity index (χ2v) is 11.4. The fourth-order valence-corrected chi connectivity index (χ4v) is 6.06. The van der Waals surface area contributed by atoms with Gasteiger partial charge in [0.05, 0.1) is 0 Å². The molecule has 2 atom stereocenters. The molecule has 0 saturated carbocycles. The van der Waals surface area contributed by atoms with Crippen molar-refractivity contribution in [3.05, 3.63) is 119 Å². The highest BCUT2D eigenvalue weighted by molar-refractivity contribution is 6.10. The molecule has 0 spiro atoms. The molecule has 2 heterocycles. The molecule has 6 heteroatoms. The summed E-state index contributed by atoms with van der Waals surface area (Å²) in [6.45, 7) is 4.57. The Morgan fingerprint density at radius 3 is 2.29 bits per heavy atom. The van der Waals surface area contributed by atoms with E-state index in [1.54, 1.807) is 0 Å². The van der Waals surface area contributed by atoms with Gasteiger partial charge in [0.25, 0.3) is 11.8 Å². The van der Waals surface area contributed by atoms with Gasteiger partial charge in [0.1, 0.15) is 0 Å². The molecule has 41 heavy (non-hydrogen) atoms. The van der Waals surface area contributed by atoms with Crippen LogP contribution in [0.2, 0.25) is 0 Å². The highest BCUT2D eigenvalue weighted by atomic mass is 16.2. The molecule has 2 amide bonds. The van der Waals surface area contributed by atoms with Gasteiger partial charge >= 0.3 is 0 Å². The van der Waals surface area contributed by atoms with E-state index in [9.17, 15) is 9.59 Å². The van der Waals surface area contributed by atoms with Crippen LogP contribution in [-0.2, 0) is 6.54 Å². The average Bonchev–Trinajstić information content (AvgIpc) is 3.32. The third-order valence-corrected chi connectivity index (χ3v) is 8.45. The van der Waals surface area contributed by atoms with E-state index in [1.807, 2.05) is 90.7 Å². The van der Waals surface area contributed by atoms with E-state index in [0.717, 1.165) is 36.3 Å². The largest absolute Gasteiger partial charge is 0.322 e. The third kappa shape index (κ3) is 5.53. The van der Waals surface area contributed by atoms with Crippen LogP contribution in [0, 0.1) is 6.92 Å². The number of hydrogen-bond donors (Lipinski definition) is 1. The summed E-state index contributed by atoms with van der Waals surface area (Å²) in [6, 6.07) is 32.1. The number of rotatable bonds is 5. The van der Waals surface area contributed by atoms with E-state index in [4.69, 9.17) is 0 Å². The van der Waals surface area contributed by atoms with Crippen LogP contribution in [0.25, 0.3) is 11.1 Å². The number of carbonyl (C=O) groups is 2. The number of anilines is 2. The number of fused-ring (bicyclic) bond motifs is 2. The molecule has 2 unspecified atom stereocenters. The van der Waals surface area contributed by atoms with Gasteiger partial charge in [-0.25, -0.2) is 0 Å². The van der Waals surface area contributed by atoms with Gasteiger partial charge in [-0.05, 0) is 80.5 Å². The molecule has 0 aliphatic carbocycles. The van der Waals surface area contributed by atoms with Gasteiger partial charge in [-0.1, -0.05) is 66.2 Å². The van der Waals surface area contributed by atoms with Crippen LogP contribution in [-0.4, -0.2) is 60.9 Å². The zero-order chi connectivity index (χ0) is 28.5. The first-order chi connectivity index (χ1) is 19.9. The molecular weight excluding hydrogens is 508 g/mol. The average molecular weight is 545 g/mol. The zero-order valence-corrected chi connectivity index (χ0v) is 23.9. The minimum atomic E-state index is -0.182. The lowest BCUT2D eigenvalue weighted by Gasteiger charge is -2.26. The van der Waals surface area contributed by atoms with E-state index in [-0.39, 0.29) is 11.8 Å². The van der Waals surface area contributed by atoms with Crippen molar-refractivity contribution in [3.63, 3.8) is 0 Å². The van der Waals surface area contributed by atoms with Crippen molar-refractivity contribution in [3.8, 4) is 11.1 Å². The molecule has 208 valence electrons. The molecule has 1 N–H and O–H groups in total. The summed E-state index contributed by atoms with van der Waals surface area (Å²) in [5.74, 6) is -0.200. The molecular formula is C35H36N4O2. The van der Waals surface area contributed by atoms with Crippen molar-refractivity contribution < 1.29 is 9.59 Å². The van der Waals surface area contributed by atoms with Crippen LogP contribution in [0.3, 0.4) is 0 Å². The summed E-state index contributed by atoms with van der Waals surface area (Å²) < 4.78 is 0. The molecule has 6 rings (SSSR count). The summed E-state index contributed by atoms with van der Waals surface area (Å²) in [5, 5.41) is 3.02. The van der Waals surface area contributed by atoms with Gasteiger partial charge in [-0.15, -0.1) is 0 Å². The molecule has 1 fully saturated rings. The van der Waals surface area contributed by atoms with Crippen molar-refractivity contribution in [1.82, 2.24) is 9.80 Å². The molecule has 4 aromatic rings. The Bertz CT molecular complexity index is 1560. The topological polar surface area (TPSA) is 55.9 Å². The molecule has 2 aliphatic heterocycles. The molecule has 0 aromatic heterocycles. The highest BCUT2D eigenvalue weighted by Gasteiger charge is 2.38. The Balaban J connectivity index is 1.21. The molecule has 4 aromatic carbocycles. The predicted molar refractivity (Wildman–Crippen MR) is 165 cm³/mol. The van der Waals surface area contributed by atoms with Crippen LogP contribution in [0.15, 0.2) is 97.1 Å². The van der Waals surface area contributed by atoms with Crippen LogP contribution < -0.4 is 10.2 Å². The first-order valence-corrected chi connectivity index (χ1v) is 14.2. The number of nitrogens with zero attached hydrogens (tertiary/aromatic N) is 3. The lowest BCUT2D eigenvalue weighted by atomic mass is 9.98. The second kappa shape index (κ2) is 11.3. The fraction of sp³-hybridized carbons (Fsp3) is 0.257. The van der Waals surface area contributed by atoms with Gasteiger partial charge in [0, 0.05) is 54.2 Å². The number of nitrogens with one attached hydrogen (secondary N) is 1. The minimum Gasteiger partial charge on any atom is -0.322 e. The van der Waals surface area contributed by atoms with Gasteiger partial charge in [0.15, 0.2) is 0 Å². The van der Waals surface area contributed by atoms with E-state index in [0.29, 0.717) is 35.4 Å². The highest BCUT2D eigenvalue weighted by Crippen LogP contribution is 2.33. The lowest BCUT2D eigenvalue weighted by molar-refractivity contribution is 0.0980. The van der Waals surface area contributed by atoms with Crippen molar-refractivity contribution >= 4 is 23.2 Å². The molecule has 0 bridgehead atoms. The quantitative estimate of drug-likeness (QED) is 0.331. The minimum absolute atomic E-state index is 0.0183. The Kier molecular flexibility index (Phi) is 7.43. The van der Waals surface area contributed by atoms with Gasteiger partial charge in [0.2, 0.25) is 0 Å². The monoisotopic (exact) mass is 544 g/mol. The van der Waals surface area contributed by atoms with Crippen LogP contribution in [0.1, 0.15) is 38.3 Å². The smallest absolute Gasteiger partial charge is 0.258 e. The van der Waals surface area contributed by atoms with Crippen molar-refractivity contribution in [1.29, 1.82) is 0 Å². The zero-order valence-electron chi connectivity index (χ0n) is 23.9. The first kappa shape index (κ1) is 26.9. The Morgan fingerprint density at radius 2 is 1.54 bits per heavy atom. The predicted octanol–water partition coefficient (Wildman–Crippen LogP) is 6.08.